The zero-order valence-corrected chi connectivity index (χ0v) is 12.5. The van der Waals surface area contributed by atoms with Crippen molar-refractivity contribution in [1.82, 2.24) is 5.32 Å². The molecule has 19 heavy (non-hydrogen) atoms. The number of amides is 2. The number of urea groups is 1. The van der Waals surface area contributed by atoms with Crippen LogP contribution in [0.25, 0.3) is 0 Å². The lowest BCUT2D eigenvalue weighted by Gasteiger charge is -2.19. The summed E-state index contributed by atoms with van der Waals surface area (Å²) in [6.45, 7) is 2.48. The SMILES string of the molecule is CC1=C(NC(=O)Nc2ccc(Cl)c(Cl)c2)SCCO1. The Morgan fingerprint density at radius 3 is 2.79 bits per heavy atom. The highest BCUT2D eigenvalue weighted by Gasteiger charge is 2.14. The summed E-state index contributed by atoms with van der Waals surface area (Å²) in [5, 5.41) is 6.99. The molecule has 102 valence electrons. The second kappa shape index (κ2) is 6.41. The molecule has 0 fully saturated rings. The molecule has 0 spiro atoms. The molecule has 0 bridgehead atoms. The first-order chi connectivity index (χ1) is 9.06. The van der Waals surface area contributed by atoms with Crippen molar-refractivity contribution in [1.29, 1.82) is 0 Å². The first kappa shape index (κ1) is 14.4. The molecule has 0 atom stereocenters. The number of carbonyl (C=O) groups is 1. The minimum Gasteiger partial charge on any atom is -0.495 e. The van der Waals surface area contributed by atoms with Crippen LogP contribution in [0.5, 0.6) is 0 Å². The van der Waals surface area contributed by atoms with Gasteiger partial charge >= 0.3 is 6.03 Å². The molecule has 1 aliphatic heterocycles. The number of allylic oxidation sites excluding steroid dienone is 1. The maximum Gasteiger partial charge on any atom is 0.324 e. The quantitative estimate of drug-likeness (QED) is 0.864. The number of halogens is 2. The van der Waals surface area contributed by atoms with Crippen molar-refractivity contribution < 1.29 is 9.53 Å². The van der Waals surface area contributed by atoms with Gasteiger partial charge in [0.1, 0.15) is 10.8 Å². The standard InChI is InChI=1S/C12H12Cl2N2O2S/c1-7-11(19-5-4-18-7)16-12(17)15-8-2-3-9(13)10(14)6-8/h2-3,6H,4-5H2,1H3,(H2,15,16,17). The molecule has 1 aliphatic rings. The Balaban J connectivity index is 1.99. The largest absolute Gasteiger partial charge is 0.495 e. The molecule has 1 aromatic carbocycles. The fourth-order valence-corrected chi connectivity index (χ4v) is 2.57. The second-order valence-corrected chi connectivity index (χ2v) is 5.71. The molecular weight excluding hydrogens is 307 g/mol. The third kappa shape index (κ3) is 3.96. The Morgan fingerprint density at radius 2 is 2.11 bits per heavy atom. The molecule has 0 unspecified atom stereocenters. The Labute approximate surface area is 125 Å². The van der Waals surface area contributed by atoms with Gasteiger partial charge in [-0.2, -0.15) is 0 Å². The van der Waals surface area contributed by atoms with Crippen LogP contribution in [0.2, 0.25) is 10.0 Å². The van der Waals surface area contributed by atoms with E-state index in [-0.39, 0.29) is 6.03 Å². The smallest absolute Gasteiger partial charge is 0.324 e. The number of anilines is 1. The van der Waals surface area contributed by atoms with Crippen molar-refractivity contribution >= 4 is 46.7 Å². The molecule has 0 radical (unpaired) electrons. The zero-order chi connectivity index (χ0) is 13.8. The number of hydrogen-bond acceptors (Lipinski definition) is 3. The van der Waals surface area contributed by atoms with Crippen LogP contribution in [0, 0.1) is 0 Å². The van der Waals surface area contributed by atoms with Gasteiger partial charge in [-0.25, -0.2) is 4.79 Å². The monoisotopic (exact) mass is 318 g/mol. The van der Waals surface area contributed by atoms with E-state index in [1.165, 1.54) is 0 Å². The number of thioether (sulfide) groups is 1. The molecule has 0 saturated heterocycles. The van der Waals surface area contributed by atoms with Crippen LogP contribution in [0.3, 0.4) is 0 Å². The predicted octanol–water partition coefficient (Wildman–Crippen LogP) is 4.07. The van der Waals surface area contributed by atoms with Crippen molar-refractivity contribution in [3.63, 3.8) is 0 Å². The van der Waals surface area contributed by atoms with Crippen molar-refractivity contribution in [3.05, 3.63) is 39.0 Å². The van der Waals surface area contributed by atoms with Gasteiger partial charge in [0.2, 0.25) is 0 Å². The predicted molar refractivity (Wildman–Crippen MR) is 79.7 cm³/mol. The van der Waals surface area contributed by atoms with Crippen molar-refractivity contribution in [2.45, 2.75) is 6.92 Å². The van der Waals surface area contributed by atoms with Crippen LogP contribution < -0.4 is 10.6 Å². The average Bonchev–Trinajstić information content (AvgIpc) is 2.37. The Morgan fingerprint density at radius 1 is 1.32 bits per heavy atom. The average molecular weight is 319 g/mol. The lowest BCUT2D eigenvalue weighted by Crippen LogP contribution is -2.29. The molecule has 7 heteroatoms. The molecule has 0 aromatic heterocycles. The van der Waals surface area contributed by atoms with Gasteiger partial charge in [-0.05, 0) is 25.1 Å². The first-order valence-electron chi connectivity index (χ1n) is 5.56. The number of carbonyl (C=O) groups excluding carboxylic acids is 1. The van der Waals surface area contributed by atoms with E-state index in [1.807, 2.05) is 6.92 Å². The lowest BCUT2D eigenvalue weighted by molar-refractivity contribution is 0.225. The molecule has 0 aliphatic carbocycles. The minimum atomic E-state index is -0.342. The molecule has 2 rings (SSSR count). The van der Waals surface area contributed by atoms with Gasteiger partial charge in [0.05, 0.1) is 16.7 Å². The highest BCUT2D eigenvalue weighted by molar-refractivity contribution is 8.03. The lowest BCUT2D eigenvalue weighted by atomic mass is 10.3. The normalized spacial score (nSPS) is 14.9. The maximum atomic E-state index is 11.8. The summed E-state index contributed by atoms with van der Waals surface area (Å²) in [5.41, 5.74) is 0.576. The fraction of sp³-hybridized carbons (Fsp3) is 0.250. The van der Waals surface area contributed by atoms with Gasteiger partial charge in [-0.15, -0.1) is 11.8 Å². The summed E-state index contributed by atoms with van der Waals surface area (Å²) in [6, 6.07) is 4.56. The van der Waals surface area contributed by atoms with Crippen LogP contribution in [0.15, 0.2) is 29.0 Å². The van der Waals surface area contributed by atoms with Crippen LogP contribution in [0.4, 0.5) is 10.5 Å². The van der Waals surface area contributed by atoms with E-state index in [1.54, 1.807) is 30.0 Å². The Hall–Kier alpha value is -1.04. The van der Waals surface area contributed by atoms with E-state index in [0.29, 0.717) is 22.3 Å². The molecule has 2 N–H and O–H groups in total. The van der Waals surface area contributed by atoms with Gasteiger partial charge in [-0.3, -0.25) is 5.32 Å². The summed E-state index contributed by atoms with van der Waals surface area (Å²) in [5.74, 6) is 1.54. The van der Waals surface area contributed by atoms with Gasteiger partial charge < -0.3 is 10.1 Å². The summed E-state index contributed by atoms with van der Waals surface area (Å²) < 4.78 is 5.35. The van der Waals surface area contributed by atoms with Gasteiger partial charge in [-0.1, -0.05) is 23.2 Å². The molecule has 0 saturated carbocycles. The highest BCUT2D eigenvalue weighted by atomic mass is 35.5. The van der Waals surface area contributed by atoms with Gasteiger partial charge in [0, 0.05) is 11.4 Å². The number of ether oxygens (including phenoxy) is 1. The summed E-state index contributed by atoms with van der Waals surface area (Å²) in [4.78, 5) is 11.8. The van der Waals surface area contributed by atoms with Crippen LogP contribution in [-0.4, -0.2) is 18.4 Å². The minimum absolute atomic E-state index is 0.342. The van der Waals surface area contributed by atoms with Crippen molar-refractivity contribution in [3.8, 4) is 0 Å². The van der Waals surface area contributed by atoms with E-state index < -0.39 is 0 Å². The fourth-order valence-electron chi connectivity index (χ4n) is 1.47. The molecule has 1 heterocycles. The number of hydrogen-bond donors (Lipinski definition) is 2. The molecular formula is C12H12Cl2N2O2S. The second-order valence-electron chi connectivity index (χ2n) is 3.79. The third-order valence-electron chi connectivity index (χ3n) is 2.37. The Bertz CT molecular complexity index is 534. The van der Waals surface area contributed by atoms with E-state index in [4.69, 9.17) is 27.9 Å². The Kier molecular flexibility index (Phi) is 4.85. The number of nitrogens with one attached hydrogen (secondary N) is 2. The van der Waals surface area contributed by atoms with Crippen LogP contribution in [0.1, 0.15) is 6.92 Å². The number of benzene rings is 1. The summed E-state index contributed by atoms with van der Waals surface area (Å²) in [6.07, 6.45) is 0. The van der Waals surface area contributed by atoms with Gasteiger partial charge in [0.25, 0.3) is 0 Å². The van der Waals surface area contributed by atoms with Crippen molar-refractivity contribution in [2.24, 2.45) is 0 Å². The molecule has 4 nitrogen and oxygen atoms in total. The third-order valence-corrected chi connectivity index (χ3v) is 4.16. The van der Waals surface area contributed by atoms with E-state index >= 15 is 0 Å². The molecule has 1 aromatic rings. The topological polar surface area (TPSA) is 50.4 Å². The maximum absolute atomic E-state index is 11.8. The van der Waals surface area contributed by atoms with E-state index in [2.05, 4.69) is 10.6 Å². The van der Waals surface area contributed by atoms with Gasteiger partial charge in [0.15, 0.2) is 0 Å². The van der Waals surface area contributed by atoms with E-state index in [0.717, 1.165) is 16.5 Å². The first-order valence-corrected chi connectivity index (χ1v) is 7.30. The van der Waals surface area contributed by atoms with E-state index in [9.17, 15) is 4.79 Å². The van der Waals surface area contributed by atoms with Crippen LogP contribution in [-0.2, 0) is 4.74 Å². The zero-order valence-electron chi connectivity index (χ0n) is 10.1. The molecule has 2 amide bonds. The van der Waals surface area contributed by atoms with Crippen molar-refractivity contribution in [2.75, 3.05) is 17.7 Å². The van der Waals surface area contributed by atoms with Crippen LogP contribution >= 0.6 is 35.0 Å². The number of rotatable bonds is 2. The summed E-state index contributed by atoms with van der Waals surface area (Å²) >= 11 is 13.2. The highest BCUT2D eigenvalue weighted by Crippen LogP contribution is 2.25. The summed E-state index contributed by atoms with van der Waals surface area (Å²) in [7, 11) is 0.